The minimum Gasteiger partial charge on any atom is -0.394 e. The lowest BCUT2D eigenvalue weighted by molar-refractivity contribution is 0.125. The molecule has 0 heterocycles. The molecule has 2 N–H and O–H groups in total. The van der Waals surface area contributed by atoms with E-state index in [0.29, 0.717) is 5.92 Å². The van der Waals surface area contributed by atoms with E-state index in [1.807, 2.05) is 0 Å². The van der Waals surface area contributed by atoms with Gasteiger partial charge in [-0.05, 0) is 45.4 Å². The molecule has 0 amide bonds. The number of nitrogens with one attached hydrogen (secondary N) is 1. The average molecular weight is 249 g/mol. The van der Waals surface area contributed by atoms with Crippen molar-refractivity contribution >= 4 is 10.0 Å². The number of rotatable bonds is 4. The maximum absolute atomic E-state index is 11.8. The summed E-state index contributed by atoms with van der Waals surface area (Å²) in [6, 6.07) is 0. The third-order valence-corrected chi connectivity index (χ3v) is 5.47. The highest BCUT2D eigenvalue weighted by Gasteiger charge is 2.37. The third-order valence-electron chi connectivity index (χ3n) is 3.51. The Hall–Kier alpha value is -0.130. The fourth-order valence-electron chi connectivity index (χ4n) is 2.03. The second-order valence-electron chi connectivity index (χ2n) is 5.32. The van der Waals surface area contributed by atoms with Gasteiger partial charge in [0.05, 0.1) is 17.4 Å². The van der Waals surface area contributed by atoms with E-state index in [9.17, 15) is 13.5 Å². The largest absolute Gasteiger partial charge is 0.394 e. The molecule has 1 rings (SSSR count). The van der Waals surface area contributed by atoms with Crippen LogP contribution < -0.4 is 4.72 Å². The van der Waals surface area contributed by atoms with Gasteiger partial charge in [-0.2, -0.15) is 0 Å². The van der Waals surface area contributed by atoms with Gasteiger partial charge in [-0.25, -0.2) is 13.1 Å². The molecule has 1 aliphatic carbocycles. The Bertz CT molecular complexity index is 316. The molecule has 1 saturated carbocycles. The van der Waals surface area contributed by atoms with Crippen LogP contribution in [0.1, 0.15) is 46.5 Å². The lowest BCUT2D eigenvalue weighted by atomic mass is 9.78. The Labute approximate surface area is 98.5 Å². The molecule has 16 heavy (non-hydrogen) atoms. The predicted molar refractivity (Wildman–Crippen MR) is 64.6 cm³/mol. The molecule has 0 aromatic heterocycles. The number of aliphatic hydroxyl groups excluding tert-OH is 1. The molecule has 0 bridgehead atoms. The molecule has 96 valence electrons. The first-order valence-electron chi connectivity index (χ1n) is 5.95. The molecule has 0 aromatic carbocycles. The van der Waals surface area contributed by atoms with Crippen molar-refractivity contribution < 1.29 is 13.5 Å². The van der Waals surface area contributed by atoms with E-state index in [0.717, 1.165) is 25.7 Å². The molecular weight excluding hydrogens is 226 g/mol. The summed E-state index contributed by atoms with van der Waals surface area (Å²) in [6.07, 6.45) is 3.41. The van der Waals surface area contributed by atoms with E-state index in [4.69, 9.17) is 0 Å². The smallest absolute Gasteiger partial charge is 0.214 e. The molecule has 0 spiro atoms. The molecule has 5 heteroatoms. The van der Waals surface area contributed by atoms with Crippen LogP contribution in [-0.4, -0.2) is 30.9 Å². The standard InChI is InChI=1S/C11H23NO3S/c1-9(2)16(14,15)12-11(8-13)6-4-10(3)5-7-11/h9-10,12-13H,4-8H2,1-3H3. The normalized spacial score (nSPS) is 31.9. The number of sulfonamides is 1. The SMILES string of the molecule is CC1CCC(CO)(NS(=O)(=O)C(C)C)CC1. The highest BCUT2D eigenvalue weighted by molar-refractivity contribution is 7.90. The summed E-state index contributed by atoms with van der Waals surface area (Å²) in [6.45, 7) is 5.36. The molecule has 0 radical (unpaired) electrons. The van der Waals surface area contributed by atoms with Gasteiger partial charge in [0.25, 0.3) is 0 Å². The Balaban J connectivity index is 2.76. The van der Waals surface area contributed by atoms with Crippen molar-refractivity contribution in [2.75, 3.05) is 6.61 Å². The zero-order valence-electron chi connectivity index (χ0n) is 10.4. The molecule has 4 nitrogen and oxygen atoms in total. The zero-order chi connectivity index (χ0) is 12.4. The van der Waals surface area contributed by atoms with Gasteiger partial charge in [0.2, 0.25) is 10.0 Å². The van der Waals surface area contributed by atoms with Crippen molar-refractivity contribution in [2.45, 2.75) is 57.2 Å². The molecule has 0 aromatic rings. The Morgan fingerprint density at radius 2 is 1.88 bits per heavy atom. The van der Waals surface area contributed by atoms with Crippen molar-refractivity contribution in [1.82, 2.24) is 4.72 Å². The second kappa shape index (κ2) is 5.02. The summed E-state index contributed by atoms with van der Waals surface area (Å²) in [5.74, 6) is 0.628. The fourth-order valence-corrected chi connectivity index (χ4v) is 3.13. The summed E-state index contributed by atoms with van der Waals surface area (Å²) in [5.41, 5.74) is -0.615. The second-order valence-corrected chi connectivity index (χ2v) is 7.55. The highest BCUT2D eigenvalue weighted by atomic mass is 32.2. The molecular formula is C11H23NO3S. The molecule has 0 saturated heterocycles. The minimum atomic E-state index is -3.30. The maximum Gasteiger partial charge on any atom is 0.214 e. The Morgan fingerprint density at radius 3 is 2.25 bits per heavy atom. The van der Waals surface area contributed by atoms with Crippen molar-refractivity contribution in [3.8, 4) is 0 Å². The molecule has 1 aliphatic rings. The van der Waals surface area contributed by atoms with Gasteiger partial charge in [0.1, 0.15) is 0 Å². The minimum absolute atomic E-state index is 0.105. The monoisotopic (exact) mass is 249 g/mol. The van der Waals surface area contributed by atoms with Gasteiger partial charge in [0.15, 0.2) is 0 Å². The van der Waals surface area contributed by atoms with E-state index >= 15 is 0 Å². The van der Waals surface area contributed by atoms with E-state index in [2.05, 4.69) is 11.6 Å². The van der Waals surface area contributed by atoms with Gasteiger partial charge in [-0.1, -0.05) is 6.92 Å². The topological polar surface area (TPSA) is 66.4 Å². The van der Waals surface area contributed by atoms with Crippen LogP contribution in [-0.2, 0) is 10.0 Å². The summed E-state index contributed by atoms with van der Waals surface area (Å²) < 4.78 is 26.3. The van der Waals surface area contributed by atoms with Gasteiger partial charge < -0.3 is 5.11 Å². The average Bonchev–Trinajstić information content (AvgIpc) is 2.21. The van der Waals surface area contributed by atoms with Crippen LogP contribution in [0.2, 0.25) is 0 Å². The van der Waals surface area contributed by atoms with Crippen LogP contribution >= 0.6 is 0 Å². The van der Waals surface area contributed by atoms with Crippen molar-refractivity contribution in [3.63, 3.8) is 0 Å². The summed E-state index contributed by atoms with van der Waals surface area (Å²) in [7, 11) is -3.30. The number of hydrogen-bond donors (Lipinski definition) is 2. The first-order valence-corrected chi connectivity index (χ1v) is 7.49. The van der Waals surface area contributed by atoms with Crippen LogP contribution in [0.4, 0.5) is 0 Å². The van der Waals surface area contributed by atoms with Crippen molar-refractivity contribution in [2.24, 2.45) is 5.92 Å². The lowest BCUT2D eigenvalue weighted by Crippen LogP contribution is -2.54. The van der Waals surface area contributed by atoms with Crippen LogP contribution in [0.25, 0.3) is 0 Å². The first kappa shape index (κ1) is 13.9. The predicted octanol–water partition coefficient (Wildman–Crippen LogP) is 1.26. The van der Waals surface area contributed by atoms with Gasteiger partial charge in [-0.3, -0.25) is 0 Å². The van der Waals surface area contributed by atoms with Gasteiger partial charge in [0, 0.05) is 0 Å². The molecule has 0 atom stereocenters. The van der Waals surface area contributed by atoms with E-state index < -0.39 is 20.8 Å². The van der Waals surface area contributed by atoms with E-state index in [-0.39, 0.29) is 6.61 Å². The van der Waals surface area contributed by atoms with Crippen molar-refractivity contribution in [1.29, 1.82) is 0 Å². The van der Waals surface area contributed by atoms with Crippen LogP contribution in [0.15, 0.2) is 0 Å². The summed E-state index contributed by atoms with van der Waals surface area (Å²) in [4.78, 5) is 0. The Kier molecular flexibility index (Phi) is 4.37. The lowest BCUT2D eigenvalue weighted by Gasteiger charge is -2.38. The highest BCUT2D eigenvalue weighted by Crippen LogP contribution is 2.32. The van der Waals surface area contributed by atoms with E-state index in [1.54, 1.807) is 13.8 Å². The van der Waals surface area contributed by atoms with Gasteiger partial charge >= 0.3 is 0 Å². The zero-order valence-corrected chi connectivity index (χ0v) is 11.2. The van der Waals surface area contributed by atoms with Crippen LogP contribution in [0, 0.1) is 5.92 Å². The first-order chi connectivity index (χ1) is 7.31. The molecule has 0 aliphatic heterocycles. The van der Waals surface area contributed by atoms with E-state index in [1.165, 1.54) is 0 Å². The van der Waals surface area contributed by atoms with Gasteiger partial charge in [-0.15, -0.1) is 0 Å². The molecule has 1 fully saturated rings. The number of hydrogen-bond acceptors (Lipinski definition) is 3. The summed E-state index contributed by atoms with van der Waals surface area (Å²) in [5, 5.41) is 9.00. The van der Waals surface area contributed by atoms with Crippen LogP contribution in [0.3, 0.4) is 0 Å². The van der Waals surface area contributed by atoms with Crippen LogP contribution in [0.5, 0.6) is 0 Å². The summed E-state index contributed by atoms with van der Waals surface area (Å²) >= 11 is 0. The quantitative estimate of drug-likeness (QED) is 0.788. The third kappa shape index (κ3) is 3.18. The molecule has 0 unspecified atom stereocenters. The number of aliphatic hydroxyl groups is 1. The van der Waals surface area contributed by atoms with Crippen molar-refractivity contribution in [3.05, 3.63) is 0 Å². The maximum atomic E-state index is 11.8. The Morgan fingerprint density at radius 1 is 1.38 bits per heavy atom. The fraction of sp³-hybridized carbons (Fsp3) is 1.00.